The van der Waals surface area contributed by atoms with Crippen LogP contribution < -0.4 is 5.32 Å². The molecular formula is C29H27N3O6. The molecule has 2 amide bonds. The summed E-state index contributed by atoms with van der Waals surface area (Å²) < 4.78 is 10.2. The molecule has 1 N–H and O–H groups in total. The highest BCUT2D eigenvalue weighted by atomic mass is 16.5. The minimum atomic E-state index is -1.28. The van der Waals surface area contributed by atoms with E-state index in [-0.39, 0.29) is 0 Å². The summed E-state index contributed by atoms with van der Waals surface area (Å²) in [5.41, 5.74) is 1.84. The zero-order chi connectivity index (χ0) is 26.8. The van der Waals surface area contributed by atoms with Crippen LogP contribution in [-0.4, -0.2) is 60.1 Å². The van der Waals surface area contributed by atoms with Crippen LogP contribution in [0.4, 0.5) is 0 Å². The number of fused-ring (bicyclic) bond motifs is 1. The standard InChI is InChI=1S/C29H27N3O6/c1-37-28(35)21-23(18-12-6-3-7-13-18)31-24(19-14-8-4-9-15-19)22(27(34)32(31)25(21)29(36)38-2)30-26(33)20-16-10-5-11-17-20/h3-17,21-25H,1-2H3,(H,30,33)/t21-,22-,23+,24-,25+/m1/s1. The first-order chi connectivity index (χ1) is 18.5. The summed E-state index contributed by atoms with van der Waals surface area (Å²) in [7, 11) is 2.46. The molecule has 9 heteroatoms. The van der Waals surface area contributed by atoms with Crippen LogP contribution in [0.1, 0.15) is 33.6 Å². The molecule has 5 atom stereocenters. The van der Waals surface area contributed by atoms with Crippen molar-refractivity contribution in [3.8, 4) is 0 Å². The Hall–Kier alpha value is -4.50. The highest BCUT2D eigenvalue weighted by Gasteiger charge is 2.65. The van der Waals surface area contributed by atoms with E-state index in [2.05, 4.69) is 5.32 Å². The molecule has 3 aromatic rings. The number of carbonyl (C=O) groups excluding carboxylic acids is 4. The second kappa shape index (κ2) is 10.5. The molecule has 0 unspecified atom stereocenters. The Balaban J connectivity index is 1.68. The number of ether oxygens (including phenoxy) is 2. The van der Waals surface area contributed by atoms with Gasteiger partial charge >= 0.3 is 11.9 Å². The molecule has 0 bridgehead atoms. The summed E-state index contributed by atoms with van der Waals surface area (Å²) in [5, 5.41) is 5.89. The Bertz CT molecular complexity index is 1330. The largest absolute Gasteiger partial charge is 0.469 e. The van der Waals surface area contributed by atoms with Gasteiger partial charge in [-0.25, -0.2) is 4.79 Å². The maximum Gasteiger partial charge on any atom is 0.331 e. The van der Waals surface area contributed by atoms with Gasteiger partial charge < -0.3 is 14.8 Å². The van der Waals surface area contributed by atoms with Crippen LogP contribution in [0.15, 0.2) is 91.0 Å². The summed E-state index contributed by atoms with van der Waals surface area (Å²) in [6, 6.07) is 23.2. The van der Waals surface area contributed by atoms with Crippen molar-refractivity contribution in [2.24, 2.45) is 5.92 Å². The number of nitrogens with zero attached hydrogens (tertiary/aromatic N) is 2. The lowest BCUT2D eigenvalue weighted by molar-refractivity contribution is -0.161. The van der Waals surface area contributed by atoms with Crippen LogP contribution in [0.3, 0.4) is 0 Å². The summed E-state index contributed by atoms with van der Waals surface area (Å²) in [6.07, 6.45) is 0. The van der Waals surface area contributed by atoms with E-state index in [1.54, 1.807) is 35.3 Å². The van der Waals surface area contributed by atoms with E-state index in [1.165, 1.54) is 19.2 Å². The lowest BCUT2D eigenvalue weighted by Crippen LogP contribution is -2.50. The normalized spacial score (nSPS) is 24.5. The topological polar surface area (TPSA) is 105 Å². The van der Waals surface area contributed by atoms with Crippen molar-refractivity contribution in [2.75, 3.05) is 14.2 Å². The average Bonchev–Trinajstić information content (AvgIpc) is 3.45. The van der Waals surface area contributed by atoms with E-state index in [4.69, 9.17) is 9.47 Å². The first kappa shape index (κ1) is 25.2. The third-order valence-electron chi connectivity index (χ3n) is 7.09. The molecule has 0 spiro atoms. The Labute approximate surface area is 219 Å². The van der Waals surface area contributed by atoms with Crippen molar-refractivity contribution < 1.29 is 28.7 Å². The van der Waals surface area contributed by atoms with Gasteiger partial charge in [0.15, 0.2) is 6.04 Å². The zero-order valence-electron chi connectivity index (χ0n) is 20.9. The van der Waals surface area contributed by atoms with Crippen LogP contribution in [-0.2, 0) is 23.9 Å². The van der Waals surface area contributed by atoms with E-state index in [0.717, 1.165) is 5.56 Å². The minimum absolute atomic E-state index is 0.394. The smallest absolute Gasteiger partial charge is 0.331 e. The average molecular weight is 514 g/mol. The van der Waals surface area contributed by atoms with Crippen LogP contribution in [0.25, 0.3) is 0 Å². The fraction of sp³-hybridized carbons (Fsp3) is 0.241. The van der Waals surface area contributed by atoms with Crippen molar-refractivity contribution in [3.05, 3.63) is 108 Å². The van der Waals surface area contributed by atoms with Gasteiger partial charge in [0.2, 0.25) is 0 Å². The van der Waals surface area contributed by atoms with Gasteiger partial charge in [-0.2, -0.15) is 5.01 Å². The predicted octanol–water partition coefficient (Wildman–Crippen LogP) is 2.67. The van der Waals surface area contributed by atoms with Crippen LogP contribution in [0.5, 0.6) is 0 Å². The number of hydrogen-bond acceptors (Lipinski definition) is 7. The Morgan fingerprint density at radius 3 is 1.74 bits per heavy atom. The molecule has 2 heterocycles. The van der Waals surface area contributed by atoms with Crippen LogP contribution >= 0.6 is 0 Å². The maximum atomic E-state index is 14.1. The van der Waals surface area contributed by atoms with Gasteiger partial charge in [-0.1, -0.05) is 78.9 Å². The van der Waals surface area contributed by atoms with Gasteiger partial charge in [-0.05, 0) is 23.3 Å². The highest BCUT2D eigenvalue weighted by molar-refractivity contribution is 6.00. The number of hydrogen-bond donors (Lipinski definition) is 1. The second-order valence-electron chi connectivity index (χ2n) is 9.11. The number of methoxy groups -OCH3 is 2. The van der Waals surface area contributed by atoms with Crippen molar-refractivity contribution in [3.63, 3.8) is 0 Å². The molecule has 2 aliphatic heterocycles. The fourth-order valence-electron chi connectivity index (χ4n) is 5.48. The maximum absolute atomic E-state index is 14.1. The van der Waals surface area contributed by atoms with Crippen molar-refractivity contribution in [2.45, 2.75) is 24.2 Å². The van der Waals surface area contributed by atoms with Crippen LogP contribution in [0, 0.1) is 5.92 Å². The number of nitrogens with one attached hydrogen (secondary N) is 1. The molecule has 194 valence electrons. The van der Waals surface area contributed by atoms with Gasteiger partial charge in [0.25, 0.3) is 11.8 Å². The molecule has 2 fully saturated rings. The molecule has 0 aliphatic carbocycles. The highest BCUT2D eigenvalue weighted by Crippen LogP contribution is 2.51. The summed E-state index contributed by atoms with van der Waals surface area (Å²) in [6.45, 7) is 0. The molecule has 0 saturated carbocycles. The fourth-order valence-corrected chi connectivity index (χ4v) is 5.48. The van der Waals surface area contributed by atoms with E-state index < -0.39 is 53.8 Å². The molecule has 0 aromatic heterocycles. The SMILES string of the molecule is COC(=O)[C@H]1[C@@H](C(=O)OC)N2C(=O)[C@H](NC(=O)c3ccccc3)[C@@H](c3ccccc3)N2[C@H]1c1ccccc1. The Kier molecular flexibility index (Phi) is 6.93. The monoisotopic (exact) mass is 513 g/mol. The predicted molar refractivity (Wildman–Crippen MR) is 136 cm³/mol. The number of benzene rings is 3. The van der Waals surface area contributed by atoms with Gasteiger partial charge in [0, 0.05) is 5.56 Å². The quantitative estimate of drug-likeness (QED) is 0.506. The molecule has 9 nitrogen and oxygen atoms in total. The minimum Gasteiger partial charge on any atom is -0.469 e. The molecule has 38 heavy (non-hydrogen) atoms. The Morgan fingerprint density at radius 1 is 0.711 bits per heavy atom. The molecule has 2 aliphatic rings. The summed E-state index contributed by atoms with van der Waals surface area (Å²) in [5.74, 6) is -3.41. The molecule has 3 aromatic carbocycles. The first-order valence-corrected chi connectivity index (χ1v) is 12.2. The Morgan fingerprint density at radius 2 is 1.21 bits per heavy atom. The van der Waals surface area contributed by atoms with Crippen LogP contribution in [0.2, 0.25) is 0 Å². The van der Waals surface area contributed by atoms with E-state index in [9.17, 15) is 19.2 Å². The third kappa shape index (κ3) is 4.20. The number of carbonyl (C=O) groups is 4. The first-order valence-electron chi connectivity index (χ1n) is 12.2. The molecule has 0 radical (unpaired) electrons. The van der Waals surface area contributed by atoms with Crippen molar-refractivity contribution in [1.82, 2.24) is 15.3 Å². The third-order valence-corrected chi connectivity index (χ3v) is 7.09. The van der Waals surface area contributed by atoms with Gasteiger partial charge in [-0.3, -0.25) is 19.4 Å². The van der Waals surface area contributed by atoms with Crippen molar-refractivity contribution in [1.29, 1.82) is 0 Å². The van der Waals surface area contributed by atoms with E-state index in [1.807, 2.05) is 60.7 Å². The van der Waals surface area contributed by atoms with Gasteiger partial charge in [0.05, 0.1) is 26.3 Å². The summed E-state index contributed by atoms with van der Waals surface area (Å²) >= 11 is 0. The van der Waals surface area contributed by atoms with Crippen molar-refractivity contribution >= 4 is 23.8 Å². The lowest BCUT2D eigenvalue weighted by atomic mass is 9.86. The van der Waals surface area contributed by atoms with E-state index in [0.29, 0.717) is 11.1 Å². The van der Waals surface area contributed by atoms with Gasteiger partial charge in [0.1, 0.15) is 12.0 Å². The molecule has 2 saturated heterocycles. The lowest BCUT2D eigenvalue weighted by Gasteiger charge is -2.33. The van der Waals surface area contributed by atoms with E-state index >= 15 is 0 Å². The van der Waals surface area contributed by atoms with Gasteiger partial charge in [-0.15, -0.1) is 0 Å². The molecule has 5 rings (SSSR count). The number of esters is 2. The number of amides is 2. The second-order valence-corrected chi connectivity index (χ2v) is 9.11. The summed E-state index contributed by atoms with van der Waals surface area (Å²) in [4.78, 5) is 53.7. The molecular weight excluding hydrogens is 486 g/mol. The number of hydrazine groups is 1. The zero-order valence-corrected chi connectivity index (χ0v) is 20.9. The number of rotatable bonds is 6.